The van der Waals surface area contributed by atoms with Gasteiger partial charge in [-0.05, 0) is 47.4 Å². The number of benzene rings is 2. The zero-order chi connectivity index (χ0) is 24.8. The minimum Gasteiger partial charge on any atom is -0.481 e. The van der Waals surface area contributed by atoms with E-state index in [-0.39, 0.29) is 42.7 Å². The number of carboxylic acids is 1. The van der Waals surface area contributed by atoms with E-state index in [1.54, 1.807) is 0 Å². The molecule has 0 bridgehead atoms. The van der Waals surface area contributed by atoms with Crippen LogP contribution in [0.1, 0.15) is 56.1 Å². The van der Waals surface area contributed by atoms with Gasteiger partial charge in [0.05, 0.1) is 11.8 Å². The van der Waals surface area contributed by atoms with Crippen molar-refractivity contribution >= 4 is 18.0 Å². The predicted molar refractivity (Wildman–Crippen MR) is 133 cm³/mol. The zero-order valence-corrected chi connectivity index (χ0v) is 20.2. The van der Waals surface area contributed by atoms with Gasteiger partial charge in [0.1, 0.15) is 6.61 Å². The van der Waals surface area contributed by atoms with Crippen molar-refractivity contribution in [1.29, 1.82) is 0 Å². The van der Waals surface area contributed by atoms with Crippen LogP contribution >= 0.6 is 0 Å². The van der Waals surface area contributed by atoms with Crippen LogP contribution in [0, 0.1) is 17.8 Å². The molecule has 2 aliphatic rings. The number of carbonyl (C=O) groups is 3. The molecule has 7 nitrogen and oxygen atoms in total. The first-order valence-corrected chi connectivity index (χ1v) is 12.6. The van der Waals surface area contributed by atoms with Crippen LogP contribution in [0.25, 0.3) is 11.1 Å². The van der Waals surface area contributed by atoms with Crippen molar-refractivity contribution in [1.82, 2.24) is 10.6 Å². The second-order valence-corrected chi connectivity index (χ2v) is 9.57. The number of hydrogen-bond donors (Lipinski definition) is 3. The Kier molecular flexibility index (Phi) is 8.06. The summed E-state index contributed by atoms with van der Waals surface area (Å²) in [6, 6.07) is 16.3. The highest BCUT2D eigenvalue weighted by atomic mass is 16.5. The van der Waals surface area contributed by atoms with Gasteiger partial charge in [-0.25, -0.2) is 4.79 Å². The molecule has 3 atom stereocenters. The summed E-state index contributed by atoms with van der Waals surface area (Å²) in [7, 11) is 0. The minimum absolute atomic E-state index is 0.0171. The number of hydrogen-bond acceptors (Lipinski definition) is 4. The van der Waals surface area contributed by atoms with Gasteiger partial charge in [0.2, 0.25) is 5.91 Å². The number of nitrogens with one attached hydrogen (secondary N) is 2. The molecule has 2 aliphatic carbocycles. The quantitative estimate of drug-likeness (QED) is 0.464. The third-order valence-corrected chi connectivity index (χ3v) is 7.36. The van der Waals surface area contributed by atoms with Crippen LogP contribution in [0.4, 0.5) is 4.79 Å². The summed E-state index contributed by atoms with van der Waals surface area (Å²) in [5.74, 6) is -1.76. The van der Waals surface area contributed by atoms with Crippen LogP contribution in [0.15, 0.2) is 48.5 Å². The molecular formula is C28H34N2O5. The summed E-state index contributed by atoms with van der Waals surface area (Å²) in [4.78, 5) is 36.7. The van der Waals surface area contributed by atoms with E-state index in [4.69, 9.17) is 4.74 Å². The second-order valence-electron chi connectivity index (χ2n) is 9.57. The summed E-state index contributed by atoms with van der Waals surface area (Å²) in [6.07, 6.45) is 3.24. The second kappa shape index (κ2) is 11.4. The molecule has 1 unspecified atom stereocenters. The van der Waals surface area contributed by atoms with Crippen molar-refractivity contribution in [2.45, 2.75) is 44.9 Å². The standard InChI is InChI=1S/C28H34N2O5/c1-2-8-19(26(31)29-15-18-9-7-14-20(18)27(32)33)16-30-28(34)35-17-25-23-12-5-3-10-21(23)22-11-4-6-13-24(22)25/h3-6,10-13,18-20,25H,2,7-9,14-17H2,1H3,(H,29,31)(H,30,34)(H,32,33)/t18-,19?,20-/m0/s1. The molecule has 2 aromatic rings. The maximum Gasteiger partial charge on any atom is 0.407 e. The fraction of sp³-hybridized carbons (Fsp3) is 0.464. The number of carbonyl (C=O) groups excluding carboxylic acids is 2. The molecular weight excluding hydrogens is 444 g/mol. The fourth-order valence-electron chi connectivity index (χ4n) is 5.51. The van der Waals surface area contributed by atoms with Gasteiger partial charge in [-0.2, -0.15) is 0 Å². The van der Waals surface area contributed by atoms with Crippen LogP contribution in [0.5, 0.6) is 0 Å². The van der Waals surface area contributed by atoms with Gasteiger partial charge in [0, 0.05) is 19.0 Å². The maximum absolute atomic E-state index is 12.8. The van der Waals surface area contributed by atoms with Gasteiger partial charge in [-0.1, -0.05) is 68.3 Å². The third-order valence-electron chi connectivity index (χ3n) is 7.36. The van der Waals surface area contributed by atoms with Gasteiger partial charge in [-0.15, -0.1) is 0 Å². The van der Waals surface area contributed by atoms with Crippen molar-refractivity contribution in [2.75, 3.05) is 19.7 Å². The smallest absolute Gasteiger partial charge is 0.407 e. The Labute approximate surface area is 206 Å². The minimum atomic E-state index is -0.788. The van der Waals surface area contributed by atoms with Crippen molar-refractivity contribution in [3.05, 3.63) is 59.7 Å². The molecule has 0 spiro atoms. The molecule has 0 saturated heterocycles. The summed E-state index contributed by atoms with van der Waals surface area (Å²) in [6.45, 7) is 2.76. The molecule has 1 fully saturated rings. The lowest BCUT2D eigenvalue weighted by Crippen LogP contribution is -2.41. The average molecular weight is 479 g/mol. The Hall–Kier alpha value is -3.35. The Morgan fingerprint density at radius 1 is 1.00 bits per heavy atom. The van der Waals surface area contributed by atoms with E-state index >= 15 is 0 Å². The Balaban J connectivity index is 1.28. The number of carboxylic acid groups (broad SMARTS) is 1. The predicted octanol–water partition coefficient (Wildman–Crippen LogP) is 4.56. The largest absolute Gasteiger partial charge is 0.481 e. The number of alkyl carbamates (subject to hydrolysis) is 1. The Morgan fingerprint density at radius 2 is 1.66 bits per heavy atom. The van der Waals surface area contributed by atoms with E-state index in [1.165, 1.54) is 11.1 Å². The van der Waals surface area contributed by atoms with Crippen molar-refractivity contribution < 1.29 is 24.2 Å². The first kappa shape index (κ1) is 24.8. The number of amides is 2. The molecule has 4 rings (SSSR count). The average Bonchev–Trinajstić information content (AvgIpc) is 3.47. The lowest BCUT2D eigenvalue weighted by Gasteiger charge is -2.21. The van der Waals surface area contributed by atoms with Gasteiger partial charge < -0.3 is 20.5 Å². The maximum atomic E-state index is 12.8. The van der Waals surface area contributed by atoms with Crippen LogP contribution < -0.4 is 10.6 Å². The van der Waals surface area contributed by atoms with Gasteiger partial charge in [-0.3, -0.25) is 9.59 Å². The topological polar surface area (TPSA) is 105 Å². The molecule has 0 heterocycles. The number of aliphatic carboxylic acids is 1. The highest BCUT2D eigenvalue weighted by Gasteiger charge is 2.33. The van der Waals surface area contributed by atoms with E-state index < -0.39 is 12.1 Å². The van der Waals surface area contributed by atoms with Crippen LogP contribution in [-0.4, -0.2) is 42.8 Å². The fourth-order valence-corrected chi connectivity index (χ4v) is 5.51. The zero-order valence-electron chi connectivity index (χ0n) is 20.2. The third kappa shape index (κ3) is 5.66. The van der Waals surface area contributed by atoms with Gasteiger partial charge >= 0.3 is 12.1 Å². The van der Waals surface area contributed by atoms with E-state index in [9.17, 15) is 19.5 Å². The van der Waals surface area contributed by atoms with E-state index in [1.807, 2.05) is 31.2 Å². The van der Waals surface area contributed by atoms with Crippen molar-refractivity contribution in [3.8, 4) is 11.1 Å². The van der Waals surface area contributed by atoms with Crippen LogP contribution in [0.3, 0.4) is 0 Å². The van der Waals surface area contributed by atoms with E-state index in [2.05, 4.69) is 34.9 Å². The molecule has 3 N–H and O–H groups in total. The lowest BCUT2D eigenvalue weighted by molar-refractivity contribution is -0.143. The van der Waals surface area contributed by atoms with Crippen LogP contribution in [0.2, 0.25) is 0 Å². The van der Waals surface area contributed by atoms with Crippen molar-refractivity contribution in [2.24, 2.45) is 17.8 Å². The summed E-state index contributed by atoms with van der Waals surface area (Å²) >= 11 is 0. The number of rotatable bonds is 10. The molecule has 186 valence electrons. The van der Waals surface area contributed by atoms with E-state index in [0.29, 0.717) is 19.4 Å². The first-order valence-electron chi connectivity index (χ1n) is 12.6. The number of fused-ring (bicyclic) bond motifs is 3. The van der Waals surface area contributed by atoms with Gasteiger partial charge in [0.25, 0.3) is 0 Å². The normalized spacial score (nSPS) is 19.5. The molecule has 0 radical (unpaired) electrons. The van der Waals surface area contributed by atoms with Gasteiger partial charge in [0.15, 0.2) is 0 Å². The number of ether oxygens (including phenoxy) is 1. The Morgan fingerprint density at radius 3 is 2.29 bits per heavy atom. The molecule has 0 aliphatic heterocycles. The highest BCUT2D eigenvalue weighted by molar-refractivity contribution is 5.80. The molecule has 7 heteroatoms. The molecule has 2 amide bonds. The van der Waals surface area contributed by atoms with Crippen LogP contribution in [-0.2, 0) is 14.3 Å². The molecule has 2 aromatic carbocycles. The monoisotopic (exact) mass is 478 g/mol. The molecule has 0 aromatic heterocycles. The summed E-state index contributed by atoms with van der Waals surface area (Å²) in [5.41, 5.74) is 4.64. The SMILES string of the molecule is CCCC(CNC(=O)OCC1c2ccccc2-c2ccccc21)C(=O)NC[C@@H]1CCC[C@@H]1C(=O)O. The molecule has 35 heavy (non-hydrogen) atoms. The van der Waals surface area contributed by atoms with Crippen molar-refractivity contribution in [3.63, 3.8) is 0 Å². The lowest BCUT2D eigenvalue weighted by atomic mass is 9.95. The first-order chi connectivity index (χ1) is 17.0. The summed E-state index contributed by atoms with van der Waals surface area (Å²) in [5, 5.41) is 15.0. The Bertz CT molecular complexity index is 1020. The molecule has 1 saturated carbocycles. The highest BCUT2D eigenvalue weighted by Crippen LogP contribution is 2.44. The van der Waals surface area contributed by atoms with E-state index in [0.717, 1.165) is 30.4 Å². The summed E-state index contributed by atoms with van der Waals surface area (Å²) < 4.78 is 5.58.